The molecule has 0 bridgehead atoms. The lowest BCUT2D eigenvalue weighted by Gasteiger charge is -2.16. The highest BCUT2D eigenvalue weighted by Crippen LogP contribution is 2.35. The van der Waals surface area contributed by atoms with Gasteiger partial charge in [0, 0.05) is 18.9 Å². The fourth-order valence-corrected chi connectivity index (χ4v) is 4.05. The molecule has 4 atom stereocenters. The Bertz CT molecular complexity index is 1160. The number of esters is 1. The topological polar surface area (TPSA) is 117 Å². The van der Waals surface area contributed by atoms with E-state index in [9.17, 15) is 9.59 Å². The summed E-state index contributed by atoms with van der Waals surface area (Å²) in [6, 6.07) is 8.78. The molecule has 0 spiro atoms. The summed E-state index contributed by atoms with van der Waals surface area (Å²) in [6.45, 7) is 1.45. The number of hydrogen-bond acceptors (Lipinski definition) is 10. The zero-order valence-corrected chi connectivity index (χ0v) is 19.3. The molecule has 0 aliphatic carbocycles. The minimum atomic E-state index is -1.41. The number of fused-ring (bicyclic) bond motifs is 1. The van der Waals surface area contributed by atoms with E-state index in [-0.39, 0.29) is 18.3 Å². The van der Waals surface area contributed by atoms with Crippen LogP contribution in [0.3, 0.4) is 0 Å². The van der Waals surface area contributed by atoms with Crippen LogP contribution in [-0.4, -0.2) is 50.2 Å². The summed E-state index contributed by atoms with van der Waals surface area (Å²) in [5.41, 5.74) is 1.36. The SMILES string of the molecule is CC(=O)O[C@H]1C[C@H](n2cnc3c(NC(=O)c4ccccc4)ncnc32)O[C@@H]1CO[P+](=S)[S-]. The molecule has 166 valence electrons. The number of aromatic nitrogens is 4. The number of amides is 1. The van der Waals surface area contributed by atoms with Crippen molar-refractivity contribution < 1.29 is 23.6 Å². The highest BCUT2D eigenvalue weighted by Gasteiger charge is 2.40. The van der Waals surface area contributed by atoms with Crippen molar-refractivity contribution >= 4 is 59.0 Å². The van der Waals surface area contributed by atoms with Gasteiger partial charge in [0.2, 0.25) is 6.13 Å². The molecule has 1 saturated heterocycles. The van der Waals surface area contributed by atoms with Gasteiger partial charge in [-0.05, 0) is 12.1 Å². The van der Waals surface area contributed by atoms with Gasteiger partial charge in [0.15, 0.2) is 28.8 Å². The predicted octanol–water partition coefficient (Wildman–Crippen LogP) is 2.64. The van der Waals surface area contributed by atoms with Crippen molar-refractivity contribution in [3.8, 4) is 0 Å². The highest BCUT2D eigenvalue weighted by atomic mass is 32.9. The van der Waals surface area contributed by atoms with Gasteiger partial charge in [0.1, 0.15) is 31.4 Å². The lowest BCUT2D eigenvalue weighted by Crippen LogP contribution is -2.29. The first-order valence-electron chi connectivity index (χ1n) is 9.56. The number of rotatable bonds is 7. The van der Waals surface area contributed by atoms with Crippen molar-refractivity contribution in [1.82, 2.24) is 19.5 Å². The molecule has 0 radical (unpaired) electrons. The Hall–Kier alpha value is -2.50. The van der Waals surface area contributed by atoms with Crippen molar-refractivity contribution in [2.75, 3.05) is 11.9 Å². The molecule has 1 unspecified atom stereocenters. The van der Waals surface area contributed by atoms with Gasteiger partial charge in [-0.15, -0.1) is 0 Å². The summed E-state index contributed by atoms with van der Waals surface area (Å²) in [7, 11) is 0. The second-order valence-corrected chi connectivity index (χ2v) is 10.3. The van der Waals surface area contributed by atoms with Crippen LogP contribution in [-0.2, 0) is 42.8 Å². The number of nitrogens with zero attached hydrogens (tertiary/aromatic N) is 4. The molecule has 3 heterocycles. The van der Waals surface area contributed by atoms with Crippen LogP contribution < -0.4 is 5.32 Å². The smallest absolute Gasteiger partial charge is 0.302 e. The van der Waals surface area contributed by atoms with Gasteiger partial charge in [-0.25, -0.2) is 15.0 Å². The molecule has 10 nitrogen and oxygen atoms in total. The normalized spacial score (nSPS) is 20.8. The van der Waals surface area contributed by atoms with E-state index in [1.807, 2.05) is 6.07 Å². The van der Waals surface area contributed by atoms with Gasteiger partial charge < -0.3 is 27.0 Å². The second kappa shape index (κ2) is 9.97. The number of hydrogen-bond donors (Lipinski definition) is 1. The highest BCUT2D eigenvalue weighted by molar-refractivity contribution is 8.45. The zero-order valence-electron chi connectivity index (χ0n) is 16.8. The van der Waals surface area contributed by atoms with E-state index in [4.69, 9.17) is 38.1 Å². The monoisotopic (exact) mass is 491 g/mol. The van der Waals surface area contributed by atoms with E-state index in [2.05, 4.69) is 20.3 Å². The van der Waals surface area contributed by atoms with Crippen LogP contribution in [0.5, 0.6) is 0 Å². The number of nitrogens with one attached hydrogen (secondary N) is 1. The Morgan fingerprint density at radius 1 is 1.31 bits per heavy atom. The molecule has 1 N–H and O–H groups in total. The lowest BCUT2D eigenvalue weighted by atomic mass is 10.2. The Morgan fingerprint density at radius 2 is 2.09 bits per heavy atom. The third-order valence-corrected chi connectivity index (χ3v) is 5.77. The quantitative estimate of drug-likeness (QED) is 0.300. The first-order chi connectivity index (χ1) is 15.4. The molecule has 13 heteroatoms. The molecule has 0 saturated carbocycles. The van der Waals surface area contributed by atoms with Crippen molar-refractivity contribution in [3.63, 3.8) is 0 Å². The largest absolute Gasteiger partial charge is 0.460 e. The van der Waals surface area contributed by atoms with Crippen LogP contribution in [0.1, 0.15) is 29.9 Å². The summed E-state index contributed by atoms with van der Waals surface area (Å²) >= 11 is 9.85. The summed E-state index contributed by atoms with van der Waals surface area (Å²) in [4.78, 5) is 36.9. The number of carbonyl (C=O) groups is 2. The Balaban J connectivity index is 1.57. The Morgan fingerprint density at radius 3 is 2.81 bits per heavy atom. The van der Waals surface area contributed by atoms with Gasteiger partial charge in [0.25, 0.3) is 5.91 Å². The van der Waals surface area contributed by atoms with Gasteiger partial charge >= 0.3 is 5.97 Å². The van der Waals surface area contributed by atoms with Crippen molar-refractivity contribution in [2.45, 2.75) is 31.8 Å². The van der Waals surface area contributed by atoms with E-state index in [0.29, 0.717) is 23.1 Å². The number of imidazole rings is 1. The predicted molar refractivity (Wildman–Crippen MR) is 121 cm³/mol. The summed E-state index contributed by atoms with van der Waals surface area (Å²) in [5, 5.41) is 2.76. The molecule has 1 aliphatic heterocycles. The maximum absolute atomic E-state index is 12.5. The summed E-state index contributed by atoms with van der Waals surface area (Å²) in [6.07, 6.45) is 0.247. The second-order valence-electron chi connectivity index (χ2n) is 6.90. The van der Waals surface area contributed by atoms with E-state index in [1.54, 1.807) is 35.2 Å². The first-order valence-corrected chi connectivity index (χ1v) is 12.8. The summed E-state index contributed by atoms with van der Waals surface area (Å²) < 4.78 is 18.5. The molecular formula is C19H18N5O5PS2. The minimum absolute atomic E-state index is 0.118. The fraction of sp³-hybridized carbons (Fsp3) is 0.316. The van der Waals surface area contributed by atoms with Crippen molar-refractivity contribution in [2.24, 2.45) is 0 Å². The number of carbonyl (C=O) groups excluding carboxylic acids is 2. The molecule has 3 aromatic rings. The summed E-state index contributed by atoms with van der Waals surface area (Å²) in [5.74, 6) is -0.458. The maximum atomic E-state index is 12.5. The van der Waals surface area contributed by atoms with Crippen LogP contribution in [0.25, 0.3) is 11.2 Å². The lowest BCUT2D eigenvalue weighted by molar-refractivity contribution is -0.150. The molecule has 1 amide bonds. The molecule has 2 aromatic heterocycles. The third-order valence-electron chi connectivity index (χ3n) is 4.78. The molecule has 4 rings (SSSR count). The fourth-order valence-electron chi connectivity index (χ4n) is 3.42. The first kappa shape index (κ1) is 22.7. The average Bonchev–Trinajstić information content (AvgIpc) is 3.37. The molecule has 1 fully saturated rings. The van der Waals surface area contributed by atoms with E-state index < -0.39 is 30.5 Å². The van der Waals surface area contributed by atoms with Crippen molar-refractivity contribution in [3.05, 3.63) is 48.5 Å². The van der Waals surface area contributed by atoms with Crippen LogP contribution >= 0.6 is 6.13 Å². The number of ether oxygens (including phenoxy) is 2. The van der Waals surface area contributed by atoms with Crippen LogP contribution in [0.4, 0.5) is 5.82 Å². The number of anilines is 1. The number of benzene rings is 1. The maximum Gasteiger partial charge on any atom is 0.302 e. The Labute approximate surface area is 194 Å². The molecule has 1 aliphatic rings. The van der Waals surface area contributed by atoms with Gasteiger partial charge in [-0.3, -0.25) is 14.2 Å². The van der Waals surface area contributed by atoms with Gasteiger partial charge in [-0.2, -0.15) is 4.52 Å². The van der Waals surface area contributed by atoms with Gasteiger partial charge in [0.05, 0.1) is 6.33 Å². The average molecular weight is 491 g/mol. The van der Waals surface area contributed by atoms with Gasteiger partial charge in [-0.1, -0.05) is 18.2 Å². The van der Waals surface area contributed by atoms with Crippen molar-refractivity contribution in [1.29, 1.82) is 0 Å². The van der Waals surface area contributed by atoms with Crippen LogP contribution in [0, 0.1) is 0 Å². The van der Waals surface area contributed by atoms with Crippen LogP contribution in [0.2, 0.25) is 0 Å². The van der Waals surface area contributed by atoms with Crippen LogP contribution in [0.15, 0.2) is 43.0 Å². The standard InChI is InChI=1S/C19H18N5O5PS2/c1-11(25)28-13-7-15(29-14(13)8-27-30(31)32)24-10-22-16-17(20-9-21-18(16)24)23-19(26)12-5-3-2-4-6-12/h2-6,9-10,13-15H,7-8H2,1H3,(H,20,21,23,26)/t13-,14+,15+/m0/s1. The third kappa shape index (κ3) is 5.11. The van der Waals surface area contributed by atoms with E-state index in [0.717, 1.165) is 0 Å². The molecule has 1 aromatic carbocycles. The minimum Gasteiger partial charge on any atom is -0.460 e. The van der Waals surface area contributed by atoms with E-state index >= 15 is 0 Å². The Kier molecular flexibility index (Phi) is 7.07. The van der Waals surface area contributed by atoms with E-state index in [1.165, 1.54) is 13.3 Å². The molecule has 32 heavy (non-hydrogen) atoms. The molecular weight excluding hydrogens is 473 g/mol. The zero-order chi connectivity index (χ0) is 22.7.